The second kappa shape index (κ2) is 7.21. The zero-order valence-electron chi connectivity index (χ0n) is 13.6. The Morgan fingerprint density at radius 3 is 2.54 bits per heavy atom. The molecule has 2 aliphatic heterocycles. The lowest BCUT2D eigenvalue weighted by atomic mass is 10.2. The molecule has 2 unspecified atom stereocenters. The number of benzene rings is 1. The summed E-state index contributed by atoms with van der Waals surface area (Å²) in [7, 11) is -4.62. The van der Waals surface area contributed by atoms with Gasteiger partial charge in [0.2, 0.25) is 0 Å². The van der Waals surface area contributed by atoms with Crippen molar-refractivity contribution in [2.75, 3.05) is 21.0 Å². The quantitative estimate of drug-likeness (QED) is 0.480. The van der Waals surface area contributed by atoms with Gasteiger partial charge in [0.25, 0.3) is 15.9 Å². The van der Waals surface area contributed by atoms with Gasteiger partial charge in [-0.05, 0) is 18.6 Å². The van der Waals surface area contributed by atoms with Crippen LogP contribution in [0.15, 0.2) is 12.1 Å². The minimum atomic E-state index is -4.62. The molecule has 2 fully saturated rings. The summed E-state index contributed by atoms with van der Waals surface area (Å²) in [5.74, 6) is -1.92. The second-order valence-electron chi connectivity index (χ2n) is 5.96. The van der Waals surface area contributed by atoms with Crippen LogP contribution in [0.4, 0.5) is 25.4 Å². The molecule has 28 heavy (non-hydrogen) atoms. The average Bonchev–Trinajstić information content (AvgIpc) is 3.08. The Balaban J connectivity index is 2.12. The van der Waals surface area contributed by atoms with Crippen LogP contribution in [0.5, 0.6) is 0 Å². The highest BCUT2D eigenvalue weighted by Crippen LogP contribution is 2.39. The molecule has 2 atom stereocenters. The number of imide groups is 1. The highest BCUT2D eigenvalue weighted by Gasteiger charge is 2.51. The Bertz CT molecular complexity index is 967. The number of hydrogen-bond acceptors (Lipinski definition) is 6. The third-order valence-electron chi connectivity index (χ3n) is 4.25. The summed E-state index contributed by atoms with van der Waals surface area (Å²) in [5.41, 5.74) is -1.40. The topological polar surface area (TPSA) is 118 Å². The smallest absolute Gasteiger partial charge is 0.332 e. The number of sulfonamides is 1. The molecule has 14 heteroatoms. The Labute approximate surface area is 173 Å². The molecule has 1 aromatic rings. The van der Waals surface area contributed by atoms with Gasteiger partial charge in [-0.25, -0.2) is 26.8 Å². The predicted molar refractivity (Wildman–Crippen MR) is 96.6 cm³/mol. The molecule has 0 bridgehead atoms. The first-order valence-corrected chi connectivity index (χ1v) is 10.5. The van der Waals surface area contributed by atoms with E-state index in [9.17, 15) is 32.3 Å². The number of amides is 4. The number of nitrogens with zero attached hydrogens (tertiary/aromatic N) is 3. The van der Waals surface area contributed by atoms with Crippen LogP contribution in [-0.2, 0) is 14.8 Å². The molecule has 1 aromatic carbocycles. The zero-order valence-corrected chi connectivity index (χ0v) is 16.7. The van der Waals surface area contributed by atoms with Crippen molar-refractivity contribution in [3.63, 3.8) is 0 Å². The van der Waals surface area contributed by atoms with Gasteiger partial charge in [0, 0.05) is 6.54 Å². The number of fused-ring (bicyclic) bond motifs is 1. The van der Waals surface area contributed by atoms with Gasteiger partial charge in [-0.3, -0.25) is 4.79 Å². The molecule has 0 spiro atoms. The van der Waals surface area contributed by atoms with Crippen LogP contribution in [-0.4, -0.2) is 54.5 Å². The van der Waals surface area contributed by atoms with Crippen molar-refractivity contribution < 1.29 is 32.3 Å². The standard InChI is InChI=1S/C14H11Cl3FN3O6S/c15-5-28(26,27)21(14(24)25)9-3-10(8(18)2-7(9)17)20-12(22)11-1-6(16)4-19(11)13(20)23/h2-3,6,11H,1,4-5H2,(H,24,25)/p-1. The number of carbonyl (C=O) groups is 3. The molecule has 0 radical (unpaired) electrons. The van der Waals surface area contributed by atoms with Gasteiger partial charge in [0.15, 0.2) is 6.09 Å². The van der Waals surface area contributed by atoms with E-state index < -0.39 is 66.9 Å². The maximum Gasteiger partial charge on any atom is 0.332 e. The van der Waals surface area contributed by atoms with E-state index in [1.807, 2.05) is 0 Å². The Morgan fingerprint density at radius 1 is 1.36 bits per heavy atom. The second-order valence-corrected chi connectivity index (χ2v) is 9.39. The van der Waals surface area contributed by atoms with E-state index in [1.165, 1.54) is 0 Å². The average molecular weight is 474 g/mol. The van der Waals surface area contributed by atoms with Crippen LogP contribution in [0, 0.1) is 5.82 Å². The third kappa shape index (κ3) is 3.25. The molecule has 3 rings (SSSR count). The van der Waals surface area contributed by atoms with Crippen LogP contribution >= 0.6 is 34.8 Å². The van der Waals surface area contributed by atoms with Crippen molar-refractivity contribution in [2.45, 2.75) is 17.8 Å². The number of alkyl halides is 2. The van der Waals surface area contributed by atoms with Crippen LogP contribution in [0.1, 0.15) is 6.42 Å². The lowest BCUT2D eigenvalue weighted by Crippen LogP contribution is -2.46. The maximum absolute atomic E-state index is 14.5. The normalized spacial score (nSPS) is 22.0. The van der Waals surface area contributed by atoms with Gasteiger partial charge in [-0.15, -0.1) is 23.2 Å². The highest BCUT2D eigenvalue weighted by atomic mass is 35.5. The van der Waals surface area contributed by atoms with E-state index in [4.69, 9.17) is 34.8 Å². The van der Waals surface area contributed by atoms with Gasteiger partial charge in [0.05, 0.1) is 21.8 Å². The number of urea groups is 1. The number of hydrogen-bond donors (Lipinski definition) is 0. The molecule has 0 saturated carbocycles. The molecule has 2 aliphatic rings. The van der Waals surface area contributed by atoms with Crippen molar-refractivity contribution >= 4 is 74.2 Å². The summed E-state index contributed by atoms with van der Waals surface area (Å²) >= 11 is 17.0. The van der Waals surface area contributed by atoms with Crippen LogP contribution in [0.2, 0.25) is 5.02 Å². The first-order chi connectivity index (χ1) is 13.0. The maximum atomic E-state index is 14.5. The van der Waals surface area contributed by atoms with Crippen molar-refractivity contribution in [1.82, 2.24) is 4.90 Å². The summed E-state index contributed by atoms with van der Waals surface area (Å²) in [5, 5.41) is 9.17. The summed E-state index contributed by atoms with van der Waals surface area (Å²) in [4.78, 5) is 38.1. The number of rotatable bonds is 4. The number of carboxylic acid groups (broad SMARTS) is 1. The summed E-state index contributed by atoms with van der Waals surface area (Å²) < 4.78 is 38.2. The molecular formula is C14H10Cl3FN3O6S-. The summed E-state index contributed by atoms with van der Waals surface area (Å²) in [6.45, 7) is 0.0706. The minimum absolute atomic E-state index is 0.0706. The number of anilines is 2. The minimum Gasteiger partial charge on any atom is -0.529 e. The van der Waals surface area contributed by atoms with E-state index in [-0.39, 0.29) is 17.3 Å². The highest BCUT2D eigenvalue weighted by molar-refractivity contribution is 7.94. The molecule has 0 aromatic heterocycles. The van der Waals surface area contributed by atoms with E-state index in [0.717, 1.165) is 4.90 Å². The number of halogens is 4. The molecule has 9 nitrogen and oxygen atoms in total. The Kier molecular flexibility index (Phi) is 5.38. The first kappa shape index (κ1) is 20.9. The van der Waals surface area contributed by atoms with Gasteiger partial charge in [-0.2, -0.15) is 0 Å². The lowest BCUT2D eigenvalue weighted by molar-refractivity contribution is -0.244. The Morgan fingerprint density at radius 2 is 2.00 bits per heavy atom. The van der Waals surface area contributed by atoms with Crippen LogP contribution in [0.3, 0.4) is 0 Å². The molecule has 0 aliphatic carbocycles. The van der Waals surface area contributed by atoms with Gasteiger partial charge in [0.1, 0.15) is 17.1 Å². The molecular weight excluding hydrogens is 464 g/mol. The van der Waals surface area contributed by atoms with Crippen molar-refractivity contribution in [1.29, 1.82) is 0 Å². The predicted octanol–water partition coefficient (Wildman–Crippen LogP) is 1.30. The fourth-order valence-electron chi connectivity index (χ4n) is 3.09. The fraction of sp³-hybridized carbons (Fsp3) is 0.357. The van der Waals surface area contributed by atoms with Gasteiger partial charge < -0.3 is 14.8 Å². The molecule has 152 valence electrons. The monoisotopic (exact) mass is 472 g/mol. The zero-order chi connectivity index (χ0) is 21.0. The van der Waals surface area contributed by atoms with Crippen LogP contribution in [0.25, 0.3) is 0 Å². The summed E-state index contributed by atoms with van der Waals surface area (Å²) in [6.07, 6.45) is -2.04. The van der Waals surface area contributed by atoms with E-state index in [2.05, 4.69) is 0 Å². The van der Waals surface area contributed by atoms with E-state index in [1.54, 1.807) is 0 Å². The molecule has 4 amide bonds. The fourth-order valence-corrected chi connectivity index (χ4v) is 4.76. The first-order valence-electron chi connectivity index (χ1n) is 7.57. The van der Waals surface area contributed by atoms with Crippen LogP contribution < -0.4 is 14.3 Å². The third-order valence-corrected chi connectivity index (χ3v) is 6.87. The largest absolute Gasteiger partial charge is 0.529 e. The lowest BCUT2D eigenvalue weighted by Gasteiger charge is -2.26. The van der Waals surface area contributed by atoms with Crippen molar-refractivity contribution in [3.05, 3.63) is 23.0 Å². The molecule has 2 heterocycles. The van der Waals surface area contributed by atoms with E-state index >= 15 is 0 Å². The Hall–Kier alpha value is -1.82. The van der Waals surface area contributed by atoms with Crippen molar-refractivity contribution in [2.24, 2.45) is 0 Å². The van der Waals surface area contributed by atoms with E-state index in [0.29, 0.717) is 17.0 Å². The molecule has 0 N–H and O–H groups in total. The van der Waals surface area contributed by atoms with Gasteiger partial charge >= 0.3 is 6.03 Å². The number of carbonyl (C=O) groups excluding carboxylic acids is 3. The summed E-state index contributed by atoms with van der Waals surface area (Å²) in [6, 6.07) is -0.517. The van der Waals surface area contributed by atoms with Crippen molar-refractivity contribution in [3.8, 4) is 0 Å². The van der Waals surface area contributed by atoms with Gasteiger partial charge in [-0.1, -0.05) is 11.6 Å². The SMILES string of the molecule is O=C1C2CC(Cl)CN2C(=O)N1c1cc(N(C(=O)[O-])S(=O)(=O)CCl)c(Cl)cc1F. The molecule has 2 saturated heterocycles.